The van der Waals surface area contributed by atoms with E-state index in [4.69, 9.17) is 0 Å². The molecule has 7 heteroatoms. The highest BCUT2D eigenvalue weighted by Crippen LogP contribution is 2.33. The van der Waals surface area contributed by atoms with Crippen LogP contribution in [0.2, 0.25) is 0 Å². The Morgan fingerprint density at radius 2 is 1.92 bits per heavy atom. The van der Waals surface area contributed by atoms with Crippen LogP contribution in [-0.4, -0.2) is 35.6 Å². The molecule has 140 valence electrons. The Bertz CT molecular complexity index is 914. The van der Waals surface area contributed by atoms with Gasteiger partial charge in [-0.25, -0.2) is 4.68 Å². The van der Waals surface area contributed by atoms with Crippen LogP contribution in [0.25, 0.3) is 5.69 Å². The van der Waals surface area contributed by atoms with Gasteiger partial charge in [0.15, 0.2) is 0 Å². The van der Waals surface area contributed by atoms with Crippen molar-refractivity contribution in [3.63, 3.8) is 0 Å². The summed E-state index contributed by atoms with van der Waals surface area (Å²) in [5.41, 5.74) is 5.65. The maximum Gasteiger partial charge on any atom is 0.280 e. The van der Waals surface area contributed by atoms with Crippen LogP contribution >= 0.6 is 0 Å². The number of hydrogen-bond donors (Lipinski definition) is 1. The first-order valence-corrected chi connectivity index (χ1v) is 10.8. The zero-order chi connectivity index (χ0) is 18.3. The Balaban J connectivity index is 1.66. The highest BCUT2D eigenvalue weighted by molar-refractivity contribution is 7.87. The fourth-order valence-corrected chi connectivity index (χ4v) is 5.53. The number of benzene rings is 1. The topological polar surface area (TPSA) is 67.2 Å². The second-order valence-electron chi connectivity index (χ2n) is 7.35. The van der Waals surface area contributed by atoms with Crippen molar-refractivity contribution >= 4 is 10.2 Å². The lowest BCUT2D eigenvalue weighted by atomic mass is 9.93. The molecule has 0 saturated carbocycles. The molecular formula is C19H26N4O2S. The normalized spacial score (nSPS) is 21.1. The summed E-state index contributed by atoms with van der Waals surface area (Å²) in [6, 6.07) is 6.03. The van der Waals surface area contributed by atoms with Gasteiger partial charge in [0.05, 0.1) is 17.9 Å². The standard InChI is InChI=1S/C19H26N4O2S/c1-14-7-5-9-18(15(14)2)23-19-10-6-8-17(16(19)13-20-23)21-26(24,25)22-11-3-4-12-22/h5,7,9,13,17,21H,3-4,6,8,10-12H2,1-2H3/t17-/m1/s1. The molecule has 6 nitrogen and oxygen atoms in total. The summed E-state index contributed by atoms with van der Waals surface area (Å²) in [6.45, 7) is 5.45. The van der Waals surface area contributed by atoms with Crippen molar-refractivity contribution in [2.24, 2.45) is 0 Å². The summed E-state index contributed by atoms with van der Waals surface area (Å²) in [5, 5.41) is 4.62. The van der Waals surface area contributed by atoms with Crippen molar-refractivity contribution in [2.45, 2.75) is 52.0 Å². The molecule has 2 aromatic rings. The fourth-order valence-electron chi connectivity index (χ4n) is 4.03. The van der Waals surface area contributed by atoms with Gasteiger partial charge < -0.3 is 0 Å². The molecule has 2 aliphatic rings. The summed E-state index contributed by atoms with van der Waals surface area (Å²) in [5.74, 6) is 0. The highest BCUT2D eigenvalue weighted by atomic mass is 32.2. The van der Waals surface area contributed by atoms with Gasteiger partial charge in [0.1, 0.15) is 0 Å². The van der Waals surface area contributed by atoms with Gasteiger partial charge in [-0.2, -0.15) is 22.5 Å². The third-order valence-corrected chi connectivity index (χ3v) is 7.31. The third-order valence-electron chi connectivity index (χ3n) is 5.68. The molecule has 1 aromatic carbocycles. The van der Waals surface area contributed by atoms with E-state index in [1.54, 1.807) is 4.31 Å². The fraction of sp³-hybridized carbons (Fsp3) is 0.526. The second-order valence-corrected chi connectivity index (χ2v) is 9.05. The lowest BCUT2D eigenvalue weighted by Gasteiger charge is -2.26. The minimum Gasteiger partial charge on any atom is -0.237 e. The van der Waals surface area contributed by atoms with E-state index in [2.05, 4.69) is 35.8 Å². The van der Waals surface area contributed by atoms with Crippen LogP contribution in [0.15, 0.2) is 24.4 Å². The number of hydrogen-bond acceptors (Lipinski definition) is 3. The van der Waals surface area contributed by atoms with Crippen LogP contribution in [0.4, 0.5) is 0 Å². The van der Waals surface area contributed by atoms with E-state index in [9.17, 15) is 8.42 Å². The van der Waals surface area contributed by atoms with E-state index in [-0.39, 0.29) is 6.04 Å². The van der Waals surface area contributed by atoms with Crippen LogP contribution in [0.3, 0.4) is 0 Å². The van der Waals surface area contributed by atoms with Crippen LogP contribution in [0.1, 0.15) is 54.1 Å². The maximum absolute atomic E-state index is 12.7. The summed E-state index contributed by atoms with van der Waals surface area (Å²) < 4.78 is 31.8. The molecule has 0 spiro atoms. The van der Waals surface area contributed by atoms with Gasteiger partial charge in [0.25, 0.3) is 10.2 Å². The molecule has 1 saturated heterocycles. The number of fused-ring (bicyclic) bond motifs is 1. The van der Waals surface area contributed by atoms with Gasteiger partial charge in [-0.05, 0) is 63.1 Å². The molecule has 0 bridgehead atoms. The van der Waals surface area contributed by atoms with Crippen LogP contribution < -0.4 is 4.72 Å². The largest absolute Gasteiger partial charge is 0.280 e. The minimum atomic E-state index is -3.43. The lowest BCUT2D eigenvalue weighted by molar-refractivity contribution is 0.438. The number of aryl methyl sites for hydroxylation is 1. The van der Waals surface area contributed by atoms with Crippen molar-refractivity contribution in [2.75, 3.05) is 13.1 Å². The zero-order valence-corrected chi connectivity index (χ0v) is 16.2. The Kier molecular flexibility index (Phi) is 4.62. The van der Waals surface area contributed by atoms with E-state index in [1.165, 1.54) is 11.1 Å². The van der Waals surface area contributed by atoms with Gasteiger partial charge in [-0.15, -0.1) is 0 Å². The predicted molar refractivity (Wildman–Crippen MR) is 102 cm³/mol. The minimum absolute atomic E-state index is 0.191. The monoisotopic (exact) mass is 374 g/mol. The van der Waals surface area contributed by atoms with Crippen molar-refractivity contribution in [3.05, 3.63) is 46.8 Å². The first kappa shape index (κ1) is 17.7. The molecule has 1 aliphatic carbocycles. The van der Waals surface area contributed by atoms with E-state index < -0.39 is 10.2 Å². The maximum atomic E-state index is 12.7. The highest BCUT2D eigenvalue weighted by Gasteiger charge is 2.32. The van der Waals surface area contributed by atoms with E-state index in [0.29, 0.717) is 13.1 Å². The average molecular weight is 375 g/mol. The summed E-state index contributed by atoms with van der Waals surface area (Å²) >= 11 is 0. The third kappa shape index (κ3) is 3.08. The van der Waals surface area contributed by atoms with Gasteiger partial charge in [0, 0.05) is 24.3 Å². The predicted octanol–water partition coefficient (Wildman–Crippen LogP) is 2.80. The number of nitrogens with zero attached hydrogens (tertiary/aromatic N) is 3. The molecule has 1 atom stereocenters. The van der Waals surface area contributed by atoms with Crippen molar-refractivity contribution < 1.29 is 8.42 Å². The Hall–Kier alpha value is -1.70. The molecular weight excluding hydrogens is 348 g/mol. The number of aromatic nitrogens is 2. The molecule has 1 fully saturated rings. The van der Waals surface area contributed by atoms with E-state index in [1.807, 2.05) is 16.9 Å². The van der Waals surface area contributed by atoms with Crippen LogP contribution in [0.5, 0.6) is 0 Å². The molecule has 4 rings (SSSR count). The van der Waals surface area contributed by atoms with Crippen LogP contribution in [-0.2, 0) is 16.6 Å². The lowest BCUT2D eigenvalue weighted by Crippen LogP contribution is -2.41. The summed E-state index contributed by atoms with van der Waals surface area (Å²) in [4.78, 5) is 0. The van der Waals surface area contributed by atoms with E-state index in [0.717, 1.165) is 49.0 Å². The molecule has 1 aromatic heterocycles. The van der Waals surface area contributed by atoms with E-state index >= 15 is 0 Å². The van der Waals surface area contributed by atoms with Crippen molar-refractivity contribution in [1.29, 1.82) is 0 Å². The smallest absolute Gasteiger partial charge is 0.237 e. The Labute approximate surface area is 155 Å². The molecule has 0 amide bonds. The van der Waals surface area contributed by atoms with Crippen molar-refractivity contribution in [3.8, 4) is 5.69 Å². The number of nitrogens with one attached hydrogen (secondary N) is 1. The molecule has 1 N–H and O–H groups in total. The second kappa shape index (κ2) is 6.79. The quantitative estimate of drug-likeness (QED) is 0.895. The van der Waals surface area contributed by atoms with Gasteiger partial charge in [-0.3, -0.25) is 0 Å². The number of rotatable bonds is 4. The molecule has 0 radical (unpaired) electrons. The first-order valence-electron chi connectivity index (χ1n) is 9.38. The van der Waals surface area contributed by atoms with Gasteiger partial charge in [0.2, 0.25) is 0 Å². The average Bonchev–Trinajstić information content (AvgIpc) is 3.28. The van der Waals surface area contributed by atoms with Gasteiger partial charge in [-0.1, -0.05) is 12.1 Å². The summed E-state index contributed by atoms with van der Waals surface area (Å²) in [7, 11) is -3.43. The van der Waals surface area contributed by atoms with Crippen molar-refractivity contribution in [1.82, 2.24) is 18.8 Å². The molecule has 1 aliphatic heterocycles. The molecule has 0 unspecified atom stereocenters. The summed E-state index contributed by atoms with van der Waals surface area (Å²) in [6.07, 6.45) is 6.43. The molecule has 2 heterocycles. The molecule has 26 heavy (non-hydrogen) atoms. The SMILES string of the molecule is Cc1cccc(-n2ncc3c2CCC[C@H]3NS(=O)(=O)N2CCCC2)c1C. The van der Waals surface area contributed by atoms with Gasteiger partial charge >= 0.3 is 0 Å². The first-order chi connectivity index (χ1) is 12.5. The zero-order valence-electron chi connectivity index (χ0n) is 15.4. The Morgan fingerprint density at radius 3 is 2.69 bits per heavy atom. The Morgan fingerprint density at radius 1 is 1.15 bits per heavy atom. The van der Waals surface area contributed by atoms with Crippen LogP contribution in [0, 0.1) is 13.8 Å².